The average Bonchev–Trinajstić information content (AvgIpc) is 3.71. The van der Waals surface area contributed by atoms with Gasteiger partial charge in [-0.2, -0.15) is 4.39 Å². The highest BCUT2D eigenvalue weighted by Gasteiger charge is 2.59. The fourth-order valence-corrected chi connectivity index (χ4v) is 6.80. The number of anilines is 1. The van der Waals surface area contributed by atoms with Gasteiger partial charge in [-0.05, 0) is 58.6 Å². The summed E-state index contributed by atoms with van der Waals surface area (Å²) in [4.78, 5) is 17.0. The van der Waals surface area contributed by atoms with Crippen LogP contribution in [0.2, 0.25) is 0 Å². The molecule has 2 aliphatic rings. The Morgan fingerprint density at radius 1 is 1.39 bits per heavy atom. The summed E-state index contributed by atoms with van der Waals surface area (Å²) in [6, 6.07) is 3.62. The lowest BCUT2D eigenvalue weighted by molar-refractivity contribution is 0.369. The van der Waals surface area contributed by atoms with E-state index in [-0.39, 0.29) is 23.9 Å². The Morgan fingerprint density at radius 3 is 2.79 bits per heavy atom. The number of pyridine rings is 2. The molecule has 0 unspecified atom stereocenters. The molecule has 38 heavy (non-hydrogen) atoms. The molecule has 2 aromatic heterocycles. The van der Waals surface area contributed by atoms with Crippen molar-refractivity contribution < 1.29 is 17.5 Å². The first kappa shape index (κ1) is 27.3. The number of amidine groups is 1. The molecule has 9 nitrogen and oxygen atoms in total. The number of ether oxygens (including phenoxy) is 1. The quantitative estimate of drug-likeness (QED) is 0.384. The van der Waals surface area contributed by atoms with E-state index in [2.05, 4.69) is 43.7 Å². The Balaban J connectivity index is 1.52. The Hall–Kier alpha value is -3.78. The molecule has 1 aliphatic carbocycles. The van der Waals surface area contributed by atoms with E-state index in [4.69, 9.17) is 10.5 Å². The molecule has 0 amide bonds. The van der Waals surface area contributed by atoms with Crippen LogP contribution in [0.3, 0.4) is 0 Å². The molecule has 2 atom stereocenters. The smallest absolute Gasteiger partial charge is 0.217 e. The van der Waals surface area contributed by atoms with Crippen molar-refractivity contribution in [3.05, 3.63) is 48.6 Å². The van der Waals surface area contributed by atoms with Crippen molar-refractivity contribution in [1.82, 2.24) is 9.97 Å². The van der Waals surface area contributed by atoms with Gasteiger partial charge >= 0.3 is 0 Å². The maximum absolute atomic E-state index is 15.1. The molecule has 2 aromatic rings. The zero-order valence-electron chi connectivity index (χ0n) is 21.9. The van der Waals surface area contributed by atoms with Crippen molar-refractivity contribution in [2.75, 3.05) is 17.7 Å². The minimum atomic E-state index is -3.69. The molecule has 0 saturated heterocycles. The van der Waals surface area contributed by atoms with Crippen LogP contribution >= 0.6 is 0 Å². The summed E-state index contributed by atoms with van der Waals surface area (Å²) in [6.07, 6.45) is 6.02. The third-order valence-corrected chi connectivity index (χ3v) is 9.77. The predicted octanol–water partition coefficient (Wildman–Crippen LogP) is 3.94. The van der Waals surface area contributed by atoms with Crippen LogP contribution in [0, 0.1) is 17.8 Å². The molecule has 11 heteroatoms. The number of rotatable bonds is 8. The molecule has 3 N–H and O–H groups in total. The van der Waals surface area contributed by atoms with E-state index in [1.54, 1.807) is 39.2 Å². The molecule has 200 valence electrons. The van der Waals surface area contributed by atoms with Gasteiger partial charge < -0.3 is 15.8 Å². The predicted molar refractivity (Wildman–Crippen MR) is 148 cm³/mol. The summed E-state index contributed by atoms with van der Waals surface area (Å²) in [6.45, 7) is 10.6. The Kier molecular flexibility index (Phi) is 7.30. The lowest BCUT2D eigenvalue weighted by Crippen LogP contribution is -2.59. The normalized spacial score (nSPS) is 25.2. The maximum atomic E-state index is 15.1. The minimum absolute atomic E-state index is 0.00234. The van der Waals surface area contributed by atoms with Gasteiger partial charge in [-0.1, -0.05) is 12.5 Å². The second-order valence-corrected chi connectivity index (χ2v) is 12.2. The highest BCUT2D eigenvalue weighted by Crippen LogP contribution is 2.48. The van der Waals surface area contributed by atoms with Crippen LogP contribution < -0.4 is 15.8 Å². The second kappa shape index (κ2) is 10.2. The number of halogens is 1. The third-order valence-electron chi connectivity index (χ3n) is 7.00. The molecule has 3 heterocycles. The van der Waals surface area contributed by atoms with Crippen LogP contribution in [0.4, 0.5) is 10.2 Å². The van der Waals surface area contributed by atoms with E-state index in [0.717, 1.165) is 18.2 Å². The number of aromatic nitrogens is 2. The SMILES string of the molecule is C=C(C(F)=N/C=C(\C)Nc1nccc2cc(OCC#CC)cnc12)[C@]1(C)CS(=O)(=O)[C@@](C)(C2CC2)C(N)=N1. The number of nitrogens with one attached hydrogen (secondary N) is 1. The van der Waals surface area contributed by atoms with Crippen LogP contribution in [0.5, 0.6) is 5.75 Å². The molecule has 4 rings (SSSR count). The third kappa shape index (κ3) is 5.13. The van der Waals surface area contributed by atoms with Crippen molar-refractivity contribution in [3.8, 4) is 17.6 Å². The average molecular weight is 539 g/mol. The molecule has 0 spiro atoms. The zero-order chi connectivity index (χ0) is 27.7. The van der Waals surface area contributed by atoms with Crippen LogP contribution in [-0.4, -0.2) is 52.8 Å². The van der Waals surface area contributed by atoms with Crippen LogP contribution in [0.25, 0.3) is 10.9 Å². The fourth-order valence-electron chi connectivity index (χ4n) is 4.41. The lowest BCUT2D eigenvalue weighted by atomic mass is 9.94. The van der Waals surface area contributed by atoms with Gasteiger partial charge in [0.15, 0.2) is 15.7 Å². The summed E-state index contributed by atoms with van der Waals surface area (Å²) >= 11 is 0. The first-order chi connectivity index (χ1) is 17.9. The number of hydrogen-bond donors (Lipinski definition) is 2. The van der Waals surface area contributed by atoms with Crippen molar-refractivity contribution in [3.63, 3.8) is 0 Å². The van der Waals surface area contributed by atoms with Gasteiger partial charge in [-0.15, -0.1) is 5.92 Å². The van der Waals surface area contributed by atoms with Gasteiger partial charge in [0, 0.05) is 29.1 Å². The first-order valence-electron chi connectivity index (χ1n) is 12.1. The van der Waals surface area contributed by atoms with Gasteiger partial charge in [-0.3, -0.25) is 4.99 Å². The standard InChI is InChI=1S/C27H31FN6O3S/c1-6-7-12-37-21-13-19-10-11-30-24(22(19)31-15-21)33-17(2)14-32-23(28)18(3)26(4)16-38(35,36)27(5,20-8-9-20)25(29)34-26/h10-11,13-15,20H,3,8-9,12,16H2,1-2,4-5H3,(H2,29,34)(H,30,33)/b17-14+,32-23?/t26-,27-/m0/s1. The van der Waals surface area contributed by atoms with E-state index < -0.39 is 31.8 Å². The number of aliphatic imine (C=N–C) groups is 2. The van der Waals surface area contributed by atoms with Crippen LogP contribution in [-0.2, 0) is 9.84 Å². The van der Waals surface area contributed by atoms with Crippen LogP contribution in [0.15, 0.2) is 58.6 Å². The number of nitrogens with zero attached hydrogens (tertiary/aromatic N) is 4. The summed E-state index contributed by atoms with van der Waals surface area (Å²) < 4.78 is 45.8. The fraction of sp³-hybridized carbons (Fsp3) is 0.407. The van der Waals surface area contributed by atoms with Crippen LogP contribution in [0.1, 0.15) is 40.5 Å². The number of allylic oxidation sites excluding steroid dienone is 1. The number of sulfone groups is 1. The Morgan fingerprint density at radius 2 is 2.13 bits per heavy atom. The minimum Gasteiger partial charge on any atom is -0.479 e. The monoisotopic (exact) mass is 538 g/mol. The summed E-state index contributed by atoms with van der Waals surface area (Å²) in [5.74, 6) is 5.24. The van der Waals surface area contributed by atoms with Crippen molar-refractivity contribution in [1.29, 1.82) is 0 Å². The summed E-state index contributed by atoms with van der Waals surface area (Å²) in [7, 11) is -3.69. The van der Waals surface area contributed by atoms with Gasteiger partial charge in [0.2, 0.25) is 5.97 Å². The van der Waals surface area contributed by atoms with Gasteiger partial charge in [-0.25, -0.2) is 23.4 Å². The molecular formula is C27H31FN6O3S. The largest absolute Gasteiger partial charge is 0.479 e. The maximum Gasteiger partial charge on any atom is 0.217 e. The molecule has 1 saturated carbocycles. The van der Waals surface area contributed by atoms with Crippen molar-refractivity contribution in [2.45, 2.75) is 50.8 Å². The van der Waals surface area contributed by atoms with Crippen molar-refractivity contribution in [2.24, 2.45) is 21.6 Å². The zero-order valence-corrected chi connectivity index (χ0v) is 22.7. The molecule has 0 radical (unpaired) electrons. The van der Waals surface area contributed by atoms with E-state index in [1.807, 2.05) is 6.07 Å². The summed E-state index contributed by atoms with van der Waals surface area (Å²) in [5, 5.41) is 3.86. The lowest BCUT2D eigenvalue weighted by Gasteiger charge is -2.40. The van der Waals surface area contributed by atoms with Gasteiger partial charge in [0.25, 0.3) is 0 Å². The van der Waals surface area contributed by atoms with E-state index >= 15 is 4.39 Å². The van der Waals surface area contributed by atoms with E-state index in [1.165, 1.54) is 13.1 Å². The molecular weight excluding hydrogens is 507 g/mol. The molecule has 0 bridgehead atoms. The van der Waals surface area contributed by atoms with Crippen molar-refractivity contribution >= 4 is 38.4 Å². The molecule has 1 fully saturated rings. The van der Waals surface area contributed by atoms with E-state index in [0.29, 0.717) is 22.8 Å². The number of nitrogens with two attached hydrogens (primary N) is 1. The Bertz CT molecular complexity index is 1550. The van der Waals surface area contributed by atoms with Gasteiger partial charge in [0.1, 0.15) is 34.0 Å². The molecule has 0 aromatic carbocycles. The second-order valence-electron chi connectivity index (χ2n) is 9.86. The number of fused-ring (bicyclic) bond motifs is 1. The number of hydrogen-bond acceptors (Lipinski definition) is 9. The van der Waals surface area contributed by atoms with Gasteiger partial charge in [0.05, 0.1) is 11.9 Å². The highest BCUT2D eigenvalue weighted by atomic mass is 32.2. The molecule has 1 aliphatic heterocycles. The highest BCUT2D eigenvalue weighted by molar-refractivity contribution is 7.93. The van der Waals surface area contributed by atoms with E-state index in [9.17, 15) is 8.42 Å². The summed E-state index contributed by atoms with van der Waals surface area (Å²) in [5.41, 5.74) is 5.61. The Labute approximate surface area is 222 Å². The topological polar surface area (TPSA) is 132 Å². The first-order valence-corrected chi connectivity index (χ1v) is 13.8.